The predicted octanol–water partition coefficient (Wildman–Crippen LogP) is 3.16. The Kier molecular flexibility index (Phi) is 5.79. The molecule has 0 saturated heterocycles. The highest BCUT2D eigenvalue weighted by atomic mass is 35.5. The van der Waals surface area contributed by atoms with Crippen LogP contribution in [0.3, 0.4) is 0 Å². The average Bonchev–Trinajstić information content (AvgIpc) is 3.02. The summed E-state index contributed by atoms with van der Waals surface area (Å²) in [4.78, 5) is 24.7. The van der Waals surface area contributed by atoms with E-state index >= 15 is 0 Å². The summed E-state index contributed by atoms with van der Waals surface area (Å²) in [6.45, 7) is 3.58. The van der Waals surface area contributed by atoms with Gasteiger partial charge >= 0.3 is 0 Å². The molecule has 0 unspecified atom stereocenters. The number of benzene rings is 2. The van der Waals surface area contributed by atoms with E-state index in [-0.39, 0.29) is 34.7 Å². The van der Waals surface area contributed by atoms with E-state index in [1.54, 1.807) is 0 Å². The topological polar surface area (TPSA) is 115 Å². The van der Waals surface area contributed by atoms with Gasteiger partial charge < -0.3 is 16.4 Å². The lowest BCUT2D eigenvalue weighted by molar-refractivity contribution is -0.116. The van der Waals surface area contributed by atoms with E-state index in [9.17, 15) is 14.0 Å². The molecule has 1 aromatic heterocycles. The Hall–Kier alpha value is -3.46. The number of carbonyl (C=O) groups is 2. The summed E-state index contributed by atoms with van der Waals surface area (Å²) >= 11 is 5.70. The second-order valence-electron chi connectivity index (χ2n) is 6.43. The van der Waals surface area contributed by atoms with Gasteiger partial charge in [-0.15, -0.1) is 5.10 Å². The van der Waals surface area contributed by atoms with Crippen molar-refractivity contribution in [2.45, 2.75) is 20.4 Å². The lowest BCUT2D eigenvalue weighted by Gasteiger charge is -2.10. The van der Waals surface area contributed by atoms with Crippen LogP contribution in [-0.4, -0.2) is 26.8 Å². The van der Waals surface area contributed by atoms with Gasteiger partial charge in [-0.1, -0.05) is 28.9 Å². The minimum Gasteiger partial charge on any atom is -0.382 e. The number of rotatable bonds is 5. The molecule has 0 atom stereocenters. The van der Waals surface area contributed by atoms with Crippen LogP contribution >= 0.6 is 11.6 Å². The van der Waals surface area contributed by atoms with E-state index in [0.29, 0.717) is 5.69 Å². The standard InChI is InChI=1S/C19H18ClFN6O2/c1-10-3-4-11(2)15(7-10)24-16(28)9-27-18(22)17(25-26-27)19(29)23-12-5-6-14(21)13(20)8-12/h3-8H,9,22H2,1-2H3,(H,23,29)(H,24,28). The third-order valence-electron chi connectivity index (χ3n) is 4.13. The van der Waals surface area contributed by atoms with Gasteiger partial charge in [-0.2, -0.15) is 0 Å². The van der Waals surface area contributed by atoms with E-state index in [0.717, 1.165) is 21.9 Å². The van der Waals surface area contributed by atoms with Crippen molar-refractivity contribution in [3.8, 4) is 0 Å². The zero-order valence-corrected chi connectivity index (χ0v) is 16.4. The summed E-state index contributed by atoms with van der Waals surface area (Å²) in [6.07, 6.45) is 0. The first-order valence-corrected chi connectivity index (χ1v) is 8.95. The summed E-state index contributed by atoms with van der Waals surface area (Å²) in [7, 11) is 0. The average molecular weight is 417 g/mol. The van der Waals surface area contributed by atoms with Gasteiger partial charge in [-0.05, 0) is 49.2 Å². The van der Waals surface area contributed by atoms with E-state index < -0.39 is 11.7 Å². The lowest BCUT2D eigenvalue weighted by Crippen LogP contribution is -2.22. The minimum atomic E-state index is -0.661. The zero-order valence-electron chi connectivity index (χ0n) is 15.7. The normalized spacial score (nSPS) is 10.6. The highest BCUT2D eigenvalue weighted by Gasteiger charge is 2.19. The molecule has 0 radical (unpaired) electrons. The number of nitrogens with zero attached hydrogens (tertiary/aromatic N) is 3. The van der Waals surface area contributed by atoms with Crippen molar-refractivity contribution >= 4 is 40.6 Å². The minimum absolute atomic E-state index is 0.0770. The summed E-state index contributed by atoms with van der Waals surface area (Å²) < 4.78 is 14.3. The fourth-order valence-electron chi connectivity index (χ4n) is 2.56. The summed E-state index contributed by atoms with van der Waals surface area (Å²) in [6, 6.07) is 9.42. The third-order valence-corrected chi connectivity index (χ3v) is 4.42. The second-order valence-corrected chi connectivity index (χ2v) is 6.84. The second kappa shape index (κ2) is 8.27. The van der Waals surface area contributed by atoms with E-state index in [1.165, 1.54) is 12.1 Å². The van der Waals surface area contributed by atoms with Crippen LogP contribution in [0.4, 0.5) is 21.6 Å². The fourth-order valence-corrected chi connectivity index (χ4v) is 2.74. The Morgan fingerprint density at radius 3 is 2.66 bits per heavy atom. The Morgan fingerprint density at radius 1 is 1.17 bits per heavy atom. The van der Waals surface area contributed by atoms with Crippen LogP contribution in [0.5, 0.6) is 0 Å². The number of aromatic nitrogens is 3. The largest absolute Gasteiger partial charge is 0.382 e. The highest BCUT2D eigenvalue weighted by Crippen LogP contribution is 2.21. The molecule has 150 valence electrons. The quantitative estimate of drug-likeness (QED) is 0.591. The first kappa shape index (κ1) is 20.3. The summed E-state index contributed by atoms with van der Waals surface area (Å²) in [5.74, 6) is -1.71. The fraction of sp³-hybridized carbons (Fsp3) is 0.158. The molecule has 2 amide bonds. The van der Waals surface area contributed by atoms with Crippen molar-refractivity contribution in [2.75, 3.05) is 16.4 Å². The molecule has 3 rings (SSSR count). The molecule has 0 fully saturated rings. The predicted molar refractivity (Wildman–Crippen MR) is 108 cm³/mol. The van der Waals surface area contributed by atoms with Gasteiger partial charge in [-0.3, -0.25) is 9.59 Å². The lowest BCUT2D eigenvalue weighted by atomic mass is 10.1. The number of nitrogens with one attached hydrogen (secondary N) is 2. The van der Waals surface area contributed by atoms with Crippen molar-refractivity contribution < 1.29 is 14.0 Å². The van der Waals surface area contributed by atoms with Gasteiger partial charge in [0.25, 0.3) is 5.91 Å². The van der Waals surface area contributed by atoms with Crippen molar-refractivity contribution in [1.82, 2.24) is 15.0 Å². The molecule has 10 heteroatoms. The maximum absolute atomic E-state index is 13.2. The molecule has 0 bridgehead atoms. The van der Waals surface area contributed by atoms with Crippen LogP contribution in [0, 0.1) is 19.7 Å². The van der Waals surface area contributed by atoms with Gasteiger partial charge in [-0.25, -0.2) is 9.07 Å². The molecule has 2 aromatic carbocycles. The first-order valence-electron chi connectivity index (χ1n) is 8.57. The van der Waals surface area contributed by atoms with Crippen LogP contribution < -0.4 is 16.4 Å². The Labute approximate surface area is 170 Å². The van der Waals surface area contributed by atoms with Gasteiger partial charge in [0.15, 0.2) is 11.5 Å². The molecular formula is C19H18ClFN6O2. The van der Waals surface area contributed by atoms with Crippen molar-refractivity contribution in [1.29, 1.82) is 0 Å². The van der Waals surface area contributed by atoms with Crippen LogP contribution in [0.2, 0.25) is 5.02 Å². The maximum Gasteiger partial charge on any atom is 0.280 e. The SMILES string of the molecule is Cc1ccc(C)c(NC(=O)Cn2nnc(C(=O)Nc3ccc(F)c(Cl)c3)c2N)c1. The number of nitrogens with two attached hydrogens (primary N) is 1. The summed E-state index contributed by atoms with van der Waals surface area (Å²) in [5.41, 5.74) is 8.62. The maximum atomic E-state index is 13.2. The third kappa shape index (κ3) is 4.69. The van der Waals surface area contributed by atoms with E-state index in [1.807, 2.05) is 32.0 Å². The molecule has 3 aromatic rings. The summed E-state index contributed by atoms with van der Waals surface area (Å²) in [5, 5.41) is 12.6. The number of aryl methyl sites for hydroxylation is 2. The monoisotopic (exact) mass is 416 g/mol. The number of halogens is 2. The molecule has 0 saturated carbocycles. The van der Waals surface area contributed by atoms with Gasteiger partial charge in [0.2, 0.25) is 5.91 Å². The number of carbonyl (C=O) groups excluding carboxylic acids is 2. The van der Waals surface area contributed by atoms with E-state index in [4.69, 9.17) is 17.3 Å². The van der Waals surface area contributed by atoms with E-state index in [2.05, 4.69) is 20.9 Å². The highest BCUT2D eigenvalue weighted by molar-refractivity contribution is 6.31. The van der Waals surface area contributed by atoms with Crippen molar-refractivity contribution in [2.24, 2.45) is 0 Å². The van der Waals surface area contributed by atoms with Crippen LogP contribution in [0.1, 0.15) is 21.6 Å². The van der Waals surface area contributed by atoms with Crippen molar-refractivity contribution in [3.63, 3.8) is 0 Å². The van der Waals surface area contributed by atoms with Crippen LogP contribution in [0.15, 0.2) is 36.4 Å². The van der Waals surface area contributed by atoms with Crippen LogP contribution in [0.25, 0.3) is 0 Å². The van der Waals surface area contributed by atoms with Crippen molar-refractivity contribution in [3.05, 3.63) is 64.1 Å². The first-order chi connectivity index (χ1) is 13.7. The number of hydrogen-bond donors (Lipinski definition) is 3. The molecule has 1 heterocycles. The van der Waals surface area contributed by atoms with Crippen LogP contribution in [-0.2, 0) is 11.3 Å². The Bertz CT molecular complexity index is 1100. The molecule has 0 aliphatic heterocycles. The van der Waals surface area contributed by atoms with Gasteiger partial charge in [0.1, 0.15) is 12.4 Å². The number of nitrogen functional groups attached to an aromatic ring is 1. The molecule has 0 aliphatic rings. The molecule has 0 spiro atoms. The molecule has 0 aliphatic carbocycles. The van der Waals surface area contributed by atoms with Gasteiger partial charge in [0.05, 0.1) is 5.02 Å². The zero-order chi connectivity index (χ0) is 21.1. The Balaban J connectivity index is 1.69. The Morgan fingerprint density at radius 2 is 1.93 bits per heavy atom. The van der Waals surface area contributed by atoms with Gasteiger partial charge in [0, 0.05) is 11.4 Å². The molecular weight excluding hydrogens is 399 g/mol. The number of anilines is 3. The number of hydrogen-bond acceptors (Lipinski definition) is 5. The molecule has 8 nitrogen and oxygen atoms in total. The number of amides is 2. The molecule has 29 heavy (non-hydrogen) atoms. The molecule has 4 N–H and O–H groups in total. The smallest absolute Gasteiger partial charge is 0.280 e.